The Bertz CT molecular complexity index is 527. The third-order valence-corrected chi connectivity index (χ3v) is 2.96. The Balaban J connectivity index is 2.04. The van der Waals surface area contributed by atoms with Crippen LogP contribution in [-0.2, 0) is 19.7 Å². The number of rotatable bonds is 5. The lowest BCUT2D eigenvalue weighted by atomic mass is 10.2. The number of ether oxygens (including phenoxy) is 1. The normalized spacial score (nSPS) is 10.6. The Morgan fingerprint density at radius 2 is 2.28 bits per heavy atom. The van der Waals surface area contributed by atoms with E-state index in [-0.39, 0.29) is 0 Å². The van der Waals surface area contributed by atoms with Crippen LogP contribution in [0.2, 0.25) is 5.02 Å². The smallest absolute Gasteiger partial charge is 0.164 e. The second kappa shape index (κ2) is 5.84. The monoisotopic (exact) mass is 266 g/mol. The van der Waals surface area contributed by atoms with Crippen molar-refractivity contribution >= 4 is 11.6 Å². The van der Waals surface area contributed by atoms with Crippen molar-refractivity contribution in [2.45, 2.75) is 26.6 Å². The first-order valence-electron chi connectivity index (χ1n) is 5.72. The van der Waals surface area contributed by atoms with E-state index in [4.69, 9.17) is 22.1 Å². The molecular weight excluding hydrogens is 252 g/mol. The van der Waals surface area contributed by atoms with Crippen molar-refractivity contribution in [3.63, 3.8) is 0 Å². The first-order valence-corrected chi connectivity index (χ1v) is 6.10. The molecule has 1 heterocycles. The predicted octanol–water partition coefficient (Wildman–Crippen LogP) is 1.99. The highest BCUT2D eigenvalue weighted by Gasteiger charge is 2.05. The van der Waals surface area contributed by atoms with Gasteiger partial charge >= 0.3 is 0 Å². The van der Waals surface area contributed by atoms with Crippen LogP contribution in [0.4, 0.5) is 0 Å². The molecule has 0 spiro atoms. The lowest BCUT2D eigenvalue weighted by Gasteiger charge is -2.08. The Morgan fingerprint density at radius 3 is 2.94 bits per heavy atom. The average molecular weight is 267 g/mol. The second-order valence-corrected chi connectivity index (χ2v) is 4.15. The van der Waals surface area contributed by atoms with Crippen molar-refractivity contribution < 1.29 is 4.74 Å². The lowest BCUT2D eigenvalue weighted by Crippen LogP contribution is -2.07. The van der Waals surface area contributed by atoms with E-state index in [1.807, 2.05) is 19.1 Å². The molecule has 5 nitrogen and oxygen atoms in total. The van der Waals surface area contributed by atoms with E-state index >= 15 is 0 Å². The van der Waals surface area contributed by atoms with Crippen LogP contribution in [0.25, 0.3) is 0 Å². The maximum absolute atomic E-state index is 6.06. The number of halogens is 1. The molecule has 18 heavy (non-hydrogen) atoms. The summed E-state index contributed by atoms with van der Waals surface area (Å²) in [6, 6.07) is 5.47. The quantitative estimate of drug-likeness (QED) is 0.899. The highest BCUT2D eigenvalue weighted by Crippen LogP contribution is 2.22. The molecule has 2 N–H and O–H groups in total. The molecule has 6 heteroatoms. The van der Waals surface area contributed by atoms with Crippen LogP contribution in [0.15, 0.2) is 24.5 Å². The van der Waals surface area contributed by atoms with Crippen molar-refractivity contribution in [1.29, 1.82) is 0 Å². The van der Waals surface area contributed by atoms with Crippen LogP contribution in [-0.4, -0.2) is 14.8 Å². The van der Waals surface area contributed by atoms with Gasteiger partial charge in [0.2, 0.25) is 0 Å². The lowest BCUT2D eigenvalue weighted by molar-refractivity contribution is 0.287. The molecular formula is C12H15ClN4O. The van der Waals surface area contributed by atoms with Gasteiger partial charge in [0.25, 0.3) is 0 Å². The van der Waals surface area contributed by atoms with Gasteiger partial charge in [-0.25, -0.2) is 9.67 Å². The van der Waals surface area contributed by atoms with Gasteiger partial charge in [-0.15, -0.1) is 0 Å². The van der Waals surface area contributed by atoms with Crippen molar-refractivity contribution in [3.8, 4) is 5.75 Å². The van der Waals surface area contributed by atoms with Crippen LogP contribution >= 0.6 is 11.6 Å². The summed E-state index contributed by atoms with van der Waals surface area (Å²) < 4.78 is 7.41. The van der Waals surface area contributed by atoms with Gasteiger partial charge in [0, 0.05) is 18.1 Å². The fourth-order valence-corrected chi connectivity index (χ4v) is 1.84. The van der Waals surface area contributed by atoms with Gasteiger partial charge < -0.3 is 10.5 Å². The van der Waals surface area contributed by atoms with E-state index in [1.54, 1.807) is 10.7 Å². The minimum Gasteiger partial charge on any atom is -0.486 e. The van der Waals surface area contributed by atoms with Gasteiger partial charge in [0.15, 0.2) is 5.82 Å². The topological polar surface area (TPSA) is 66.0 Å². The van der Waals surface area contributed by atoms with Crippen molar-refractivity contribution in [1.82, 2.24) is 14.8 Å². The molecule has 1 aromatic carbocycles. The summed E-state index contributed by atoms with van der Waals surface area (Å²) >= 11 is 6.06. The Morgan fingerprint density at radius 1 is 1.44 bits per heavy atom. The van der Waals surface area contributed by atoms with Gasteiger partial charge in [-0.1, -0.05) is 17.7 Å². The summed E-state index contributed by atoms with van der Waals surface area (Å²) in [6.07, 6.45) is 1.52. The highest BCUT2D eigenvalue weighted by atomic mass is 35.5. The van der Waals surface area contributed by atoms with Crippen LogP contribution < -0.4 is 10.5 Å². The largest absolute Gasteiger partial charge is 0.486 e. The molecule has 0 aliphatic heterocycles. The molecule has 2 rings (SSSR count). The van der Waals surface area contributed by atoms with Crippen LogP contribution in [0.5, 0.6) is 5.75 Å². The Labute approximate surface area is 111 Å². The first kappa shape index (κ1) is 12.9. The van der Waals surface area contributed by atoms with E-state index in [2.05, 4.69) is 10.1 Å². The van der Waals surface area contributed by atoms with Crippen molar-refractivity contribution in [2.24, 2.45) is 5.73 Å². The Kier molecular flexibility index (Phi) is 4.17. The first-order chi connectivity index (χ1) is 8.74. The van der Waals surface area contributed by atoms with E-state index in [1.165, 1.54) is 6.33 Å². The number of benzene rings is 1. The number of aryl methyl sites for hydroxylation is 1. The van der Waals surface area contributed by atoms with Crippen molar-refractivity contribution in [2.75, 3.05) is 0 Å². The zero-order valence-corrected chi connectivity index (χ0v) is 10.9. The van der Waals surface area contributed by atoms with Crippen LogP contribution in [0.1, 0.15) is 18.3 Å². The molecule has 0 unspecified atom stereocenters. The van der Waals surface area contributed by atoms with Crippen molar-refractivity contribution in [3.05, 3.63) is 40.9 Å². The summed E-state index contributed by atoms with van der Waals surface area (Å²) in [5, 5.41) is 4.69. The average Bonchev–Trinajstić information content (AvgIpc) is 2.84. The number of hydrogen-bond donors (Lipinski definition) is 1. The third kappa shape index (κ3) is 2.80. The molecule has 0 radical (unpaired) electrons. The number of nitrogens with two attached hydrogens (primary N) is 1. The SMILES string of the molecule is CCn1ncnc1COc1ccc(CN)c(Cl)c1. The molecule has 2 aromatic rings. The number of hydrogen-bond acceptors (Lipinski definition) is 4. The summed E-state index contributed by atoms with van der Waals surface area (Å²) in [7, 11) is 0. The Hall–Kier alpha value is -1.59. The fraction of sp³-hybridized carbons (Fsp3) is 0.333. The highest BCUT2D eigenvalue weighted by molar-refractivity contribution is 6.31. The molecule has 0 saturated carbocycles. The van der Waals surface area contributed by atoms with Crippen LogP contribution in [0, 0.1) is 0 Å². The minimum absolute atomic E-state index is 0.367. The number of nitrogens with zero attached hydrogens (tertiary/aromatic N) is 3. The van der Waals surface area contributed by atoms with Gasteiger partial charge in [-0.2, -0.15) is 5.10 Å². The summed E-state index contributed by atoms with van der Waals surface area (Å²) in [5.41, 5.74) is 6.45. The summed E-state index contributed by atoms with van der Waals surface area (Å²) in [6.45, 7) is 3.56. The summed E-state index contributed by atoms with van der Waals surface area (Å²) in [5.74, 6) is 1.49. The van der Waals surface area contributed by atoms with E-state index in [0.717, 1.165) is 17.9 Å². The zero-order valence-electron chi connectivity index (χ0n) is 10.1. The van der Waals surface area contributed by atoms with Gasteiger partial charge in [0.05, 0.1) is 0 Å². The molecule has 0 bridgehead atoms. The van der Waals surface area contributed by atoms with E-state index in [9.17, 15) is 0 Å². The van der Waals surface area contributed by atoms with Gasteiger partial charge in [-0.05, 0) is 24.6 Å². The van der Waals surface area contributed by atoms with Gasteiger partial charge in [-0.3, -0.25) is 0 Å². The van der Waals surface area contributed by atoms with Gasteiger partial charge in [0.1, 0.15) is 18.7 Å². The fourth-order valence-electron chi connectivity index (χ4n) is 1.60. The molecule has 1 aromatic heterocycles. The second-order valence-electron chi connectivity index (χ2n) is 3.74. The molecule has 0 saturated heterocycles. The van der Waals surface area contributed by atoms with E-state index < -0.39 is 0 Å². The minimum atomic E-state index is 0.367. The molecule has 0 fully saturated rings. The zero-order chi connectivity index (χ0) is 13.0. The standard InChI is InChI=1S/C12H15ClN4O/c1-2-17-12(15-8-16-17)7-18-10-4-3-9(6-14)11(13)5-10/h3-5,8H,2,6-7,14H2,1H3. The molecule has 0 amide bonds. The molecule has 96 valence electrons. The maximum Gasteiger partial charge on any atom is 0.164 e. The van der Waals surface area contributed by atoms with E-state index in [0.29, 0.717) is 23.9 Å². The molecule has 0 atom stereocenters. The molecule has 0 aliphatic carbocycles. The number of aromatic nitrogens is 3. The summed E-state index contributed by atoms with van der Waals surface area (Å²) in [4.78, 5) is 4.13. The maximum atomic E-state index is 6.06. The van der Waals surface area contributed by atoms with Crippen LogP contribution in [0.3, 0.4) is 0 Å². The molecule has 0 aliphatic rings. The third-order valence-electron chi connectivity index (χ3n) is 2.61. The predicted molar refractivity (Wildman–Crippen MR) is 69.4 cm³/mol.